The van der Waals surface area contributed by atoms with Gasteiger partial charge in [0.2, 0.25) is 0 Å². The number of benzene rings is 2. The fraction of sp³-hybridized carbons (Fsp3) is 0.105. The van der Waals surface area contributed by atoms with E-state index >= 15 is 0 Å². The van der Waals surface area contributed by atoms with Crippen molar-refractivity contribution in [3.8, 4) is 0 Å². The van der Waals surface area contributed by atoms with Crippen molar-refractivity contribution in [2.75, 3.05) is 0 Å². The molecular formula is C19H16N4O6S. The highest BCUT2D eigenvalue weighted by Gasteiger charge is 2.21. The lowest BCUT2D eigenvalue weighted by Crippen LogP contribution is -2.19. The molecule has 3 rings (SSSR count). The number of aliphatic carboxylic acids is 1. The topological polar surface area (TPSA) is 161 Å². The van der Waals surface area contributed by atoms with E-state index in [1.807, 2.05) is 0 Å². The van der Waals surface area contributed by atoms with Crippen molar-refractivity contribution < 1.29 is 28.0 Å². The van der Waals surface area contributed by atoms with E-state index in [1.165, 1.54) is 30.3 Å². The Balaban J connectivity index is 1.66. The number of allylic oxidation sites excluding steroid dienone is 1. The summed E-state index contributed by atoms with van der Waals surface area (Å²) in [6.07, 6.45) is 1.96. The first-order valence-electron chi connectivity index (χ1n) is 8.56. The van der Waals surface area contributed by atoms with Gasteiger partial charge in [-0.05, 0) is 61.0 Å². The Hall–Kier alpha value is -3.54. The zero-order chi connectivity index (χ0) is 21.7. The van der Waals surface area contributed by atoms with Crippen molar-refractivity contribution in [1.29, 1.82) is 0 Å². The number of rotatable bonds is 6. The molecular weight excluding hydrogens is 412 g/mol. The normalized spacial score (nSPS) is 17.2. The predicted octanol–water partition coefficient (Wildman–Crippen LogP) is 4.09. The minimum atomic E-state index is -4.26. The van der Waals surface area contributed by atoms with Crippen molar-refractivity contribution in [2.24, 2.45) is 20.5 Å². The van der Waals surface area contributed by atoms with Crippen molar-refractivity contribution in [1.82, 2.24) is 0 Å². The van der Waals surface area contributed by atoms with Crippen LogP contribution in [0.25, 0.3) is 0 Å². The lowest BCUT2D eigenvalue weighted by atomic mass is 10.0. The number of carboxylic acid groups (broad SMARTS) is 1. The summed E-state index contributed by atoms with van der Waals surface area (Å²) in [5, 5.41) is 34.7. The van der Waals surface area contributed by atoms with Gasteiger partial charge < -0.3 is 10.2 Å². The van der Waals surface area contributed by atoms with E-state index in [2.05, 4.69) is 20.5 Å². The maximum absolute atomic E-state index is 11.1. The molecule has 0 saturated heterocycles. The van der Waals surface area contributed by atoms with Crippen LogP contribution in [0, 0.1) is 0 Å². The van der Waals surface area contributed by atoms with Gasteiger partial charge in [0.25, 0.3) is 10.1 Å². The Morgan fingerprint density at radius 2 is 1.33 bits per heavy atom. The van der Waals surface area contributed by atoms with E-state index in [0.29, 0.717) is 22.8 Å². The molecule has 0 aromatic heterocycles. The first-order valence-corrected chi connectivity index (χ1v) is 10.0. The van der Waals surface area contributed by atoms with Crippen LogP contribution in [0.4, 0.5) is 17.1 Å². The average molecular weight is 428 g/mol. The Kier molecular flexibility index (Phi) is 6.26. The average Bonchev–Trinajstić information content (AvgIpc) is 2.72. The summed E-state index contributed by atoms with van der Waals surface area (Å²) in [4.78, 5) is 10.8. The minimum Gasteiger partial charge on any atom is -0.478 e. The lowest BCUT2D eigenvalue weighted by molar-refractivity contribution is -0.133. The summed E-state index contributed by atoms with van der Waals surface area (Å²) < 4.78 is 31.0. The summed E-state index contributed by atoms with van der Waals surface area (Å²) in [5.74, 6) is -1.20. The molecule has 0 saturated carbocycles. The number of aliphatic hydroxyl groups excluding tert-OH is 1. The van der Waals surface area contributed by atoms with Gasteiger partial charge >= 0.3 is 5.97 Å². The van der Waals surface area contributed by atoms with Crippen molar-refractivity contribution in [2.45, 2.75) is 17.4 Å². The van der Waals surface area contributed by atoms with E-state index in [-0.39, 0.29) is 16.9 Å². The fourth-order valence-corrected chi connectivity index (χ4v) is 2.93. The maximum Gasteiger partial charge on any atom is 0.334 e. The van der Waals surface area contributed by atoms with Crippen LogP contribution in [0.5, 0.6) is 0 Å². The largest absolute Gasteiger partial charge is 0.478 e. The first-order chi connectivity index (χ1) is 14.2. The zero-order valence-electron chi connectivity index (χ0n) is 15.3. The molecule has 11 heteroatoms. The standard InChI is InChI=1S/C19H16N4O6S/c24-18-10-7-15(11-17(18)19(25)26)23-22-13-3-1-12(2-4-13)20-21-14-5-8-16(9-6-14)30(27,28)29/h1-9,11,18,24H,10H2,(H,25,26)(H,27,28,29)/b21-20+,23-22+. The first kappa shape index (κ1) is 21.2. The SMILES string of the molecule is O=C(O)C1=CC(/N=N/c2ccc(/N=N/c3ccc(S(=O)(=O)O)cc3)cc2)=CCC1O. The van der Waals surface area contributed by atoms with E-state index in [1.54, 1.807) is 30.3 Å². The van der Waals surface area contributed by atoms with Crippen LogP contribution in [0.3, 0.4) is 0 Å². The summed E-state index contributed by atoms with van der Waals surface area (Å²) in [6.45, 7) is 0. The number of hydrogen-bond acceptors (Lipinski definition) is 8. The van der Waals surface area contributed by atoms with Crippen molar-refractivity contribution in [3.63, 3.8) is 0 Å². The van der Waals surface area contributed by atoms with Crippen molar-refractivity contribution >= 4 is 33.1 Å². The highest BCUT2D eigenvalue weighted by molar-refractivity contribution is 7.85. The Morgan fingerprint density at radius 3 is 1.80 bits per heavy atom. The molecule has 0 aliphatic heterocycles. The lowest BCUT2D eigenvalue weighted by Gasteiger charge is -2.13. The zero-order valence-corrected chi connectivity index (χ0v) is 16.1. The van der Waals surface area contributed by atoms with Crippen LogP contribution in [-0.4, -0.2) is 35.3 Å². The Morgan fingerprint density at radius 1 is 0.867 bits per heavy atom. The smallest absolute Gasteiger partial charge is 0.334 e. The molecule has 1 unspecified atom stereocenters. The second-order valence-electron chi connectivity index (χ2n) is 6.17. The third kappa shape index (κ3) is 5.50. The molecule has 30 heavy (non-hydrogen) atoms. The summed E-state index contributed by atoms with van der Waals surface area (Å²) in [7, 11) is -4.26. The van der Waals surface area contributed by atoms with Gasteiger partial charge in [-0.25, -0.2) is 4.79 Å². The number of carbonyl (C=O) groups is 1. The predicted molar refractivity (Wildman–Crippen MR) is 106 cm³/mol. The van der Waals surface area contributed by atoms with Crippen LogP contribution in [0.1, 0.15) is 6.42 Å². The fourth-order valence-electron chi connectivity index (χ4n) is 2.45. The van der Waals surface area contributed by atoms with E-state index in [9.17, 15) is 18.3 Å². The molecule has 2 aromatic rings. The monoisotopic (exact) mass is 428 g/mol. The van der Waals surface area contributed by atoms with Gasteiger partial charge in [0.15, 0.2) is 0 Å². The molecule has 0 spiro atoms. The number of carboxylic acids is 1. The molecule has 1 aliphatic carbocycles. The van der Waals surface area contributed by atoms with Gasteiger partial charge in [-0.2, -0.15) is 28.9 Å². The molecule has 10 nitrogen and oxygen atoms in total. The van der Waals surface area contributed by atoms with Crippen LogP contribution in [0.15, 0.2) is 97.3 Å². The quantitative estimate of drug-likeness (QED) is 0.463. The second-order valence-corrected chi connectivity index (χ2v) is 7.59. The van der Waals surface area contributed by atoms with E-state index in [0.717, 1.165) is 0 Å². The molecule has 2 aromatic carbocycles. The van der Waals surface area contributed by atoms with Gasteiger partial charge in [-0.3, -0.25) is 4.55 Å². The van der Waals surface area contributed by atoms with Gasteiger partial charge in [0, 0.05) is 0 Å². The highest BCUT2D eigenvalue weighted by Crippen LogP contribution is 2.24. The molecule has 1 aliphatic rings. The number of aliphatic hydroxyl groups is 1. The van der Waals surface area contributed by atoms with Gasteiger partial charge in [0.05, 0.1) is 39.3 Å². The van der Waals surface area contributed by atoms with E-state index < -0.39 is 22.2 Å². The van der Waals surface area contributed by atoms with Gasteiger partial charge in [0.1, 0.15) is 0 Å². The van der Waals surface area contributed by atoms with E-state index in [4.69, 9.17) is 9.66 Å². The van der Waals surface area contributed by atoms with Gasteiger partial charge in [-0.15, -0.1) is 0 Å². The van der Waals surface area contributed by atoms with Gasteiger partial charge in [-0.1, -0.05) is 6.08 Å². The molecule has 0 heterocycles. The molecule has 3 N–H and O–H groups in total. The maximum atomic E-state index is 11.1. The Labute approximate surface area is 171 Å². The van der Waals surface area contributed by atoms with Crippen LogP contribution in [0.2, 0.25) is 0 Å². The Bertz CT molecular complexity index is 1170. The minimum absolute atomic E-state index is 0.133. The summed E-state index contributed by atoms with van der Waals surface area (Å²) in [5.41, 5.74) is 1.63. The summed E-state index contributed by atoms with van der Waals surface area (Å²) in [6, 6.07) is 11.8. The summed E-state index contributed by atoms with van der Waals surface area (Å²) >= 11 is 0. The van der Waals surface area contributed by atoms with Crippen molar-refractivity contribution in [3.05, 3.63) is 72.0 Å². The second kappa shape index (κ2) is 8.86. The van der Waals surface area contributed by atoms with Crippen LogP contribution < -0.4 is 0 Å². The molecule has 154 valence electrons. The number of azo groups is 2. The highest BCUT2D eigenvalue weighted by atomic mass is 32.2. The molecule has 1 atom stereocenters. The molecule has 0 amide bonds. The molecule has 0 bridgehead atoms. The van der Waals surface area contributed by atoms with Crippen LogP contribution >= 0.6 is 0 Å². The third-order valence-corrected chi connectivity index (χ3v) is 4.87. The molecule has 0 radical (unpaired) electrons. The third-order valence-electron chi connectivity index (χ3n) is 4.01. The van der Waals surface area contributed by atoms with Crippen LogP contribution in [-0.2, 0) is 14.9 Å². The number of hydrogen-bond donors (Lipinski definition) is 3. The number of nitrogens with zero attached hydrogens (tertiary/aromatic N) is 4. The molecule has 0 fully saturated rings.